The van der Waals surface area contributed by atoms with E-state index in [2.05, 4.69) is 36.8 Å². The second kappa shape index (κ2) is 5.36. The van der Waals surface area contributed by atoms with Gasteiger partial charge < -0.3 is 4.74 Å². The van der Waals surface area contributed by atoms with E-state index in [4.69, 9.17) is 4.74 Å². The first-order chi connectivity index (χ1) is 8.49. The molecule has 1 aromatic carbocycles. The van der Waals surface area contributed by atoms with E-state index in [1.165, 1.54) is 12.1 Å². The Bertz CT molecular complexity index is 558. The molecule has 0 amide bonds. The third-order valence-electron chi connectivity index (χ3n) is 2.44. The highest BCUT2D eigenvalue weighted by Gasteiger charge is 2.13. The fraction of sp³-hybridized carbons (Fsp3) is 0.154. The number of aromatic nitrogens is 1. The lowest BCUT2D eigenvalue weighted by molar-refractivity contribution is 0.464. The second-order valence-corrected chi connectivity index (χ2v) is 5.49. The maximum absolute atomic E-state index is 13.2. The van der Waals surface area contributed by atoms with Crippen LogP contribution in [0.3, 0.4) is 0 Å². The molecule has 0 radical (unpaired) electrons. The summed E-state index contributed by atoms with van der Waals surface area (Å²) in [7, 11) is 0. The third-order valence-corrected chi connectivity index (χ3v) is 3.63. The van der Waals surface area contributed by atoms with Crippen molar-refractivity contribution in [3.05, 3.63) is 50.4 Å². The molecule has 0 N–H and O–H groups in total. The number of halogens is 3. The highest BCUT2D eigenvalue weighted by Crippen LogP contribution is 2.37. The largest absolute Gasteiger partial charge is 0.453 e. The Morgan fingerprint density at radius 3 is 2.28 bits per heavy atom. The van der Waals surface area contributed by atoms with E-state index >= 15 is 0 Å². The molecule has 1 heterocycles. The fourth-order valence-corrected chi connectivity index (χ4v) is 2.72. The third kappa shape index (κ3) is 2.72. The Morgan fingerprint density at radius 1 is 1.11 bits per heavy atom. The summed E-state index contributed by atoms with van der Waals surface area (Å²) in [4.78, 5) is 4.10. The van der Waals surface area contributed by atoms with E-state index in [9.17, 15) is 4.39 Å². The van der Waals surface area contributed by atoms with Gasteiger partial charge in [0.15, 0.2) is 5.75 Å². The van der Waals surface area contributed by atoms with Crippen LogP contribution in [0.5, 0.6) is 11.5 Å². The lowest BCUT2D eigenvalue weighted by atomic mass is 10.1. The number of pyridine rings is 1. The van der Waals surface area contributed by atoms with Crippen LogP contribution in [0.15, 0.2) is 33.5 Å². The second-order valence-electron chi connectivity index (χ2n) is 3.88. The number of aryl methyl sites for hydroxylation is 2. The van der Waals surface area contributed by atoms with Crippen LogP contribution in [0.2, 0.25) is 0 Å². The van der Waals surface area contributed by atoms with Crippen LogP contribution in [-0.4, -0.2) is 4.98 Å². The van der Waals surface area contributed by atoms with Gasteiger partial charge in [-0.2, -0.15) is 0 Å². The Kier molecular flexibility index (Phi) is 4.02. The summed E-state index contributed by atoms with van der Waals surface area (Å²) in [6, 6.07) is 4.68. The van der Waals surface area contributed by atoms with Crippen molar-refractivity contribution in [3.63, 3.8) is 0 Å². The van der Waals surface area contributed by atoms with E-state index in [-0.39, 0.29) is 5.82 Å². The zero-order valence-electron chi connectivity index (χ0n) is 9.80. The highest BCUT2D eigenvalue weighted by molar-refractivity contribution is 9.11. The van der Waals surface area contributed by atoms with Gasteiger partial charge in [0, 0.05) is 6.20 Å². The molecule has 2 rings (SSSR count). The van der Waals surface area contributed by atoms with Gasteiger partial charge in [0.05, 0.1) is 4.47 Å². The Balaban J connectivity index is 2.47. The molecule has 2 nitrogen and oxygen atoms in total. The average Bonchev–Trinajstić information content (AvgIpc) is 2.26. The van der Waals surface area contributed by atoms with Crippen LogP contribution in [0.4, 0.5) is 4.39 Å². The summed E-state index contributed by atoms with van der Waals surface area (Å²) in [5.41, 5.74) is 1.49. The van der Waals surface area contributed by atoms with Gasteiger partial charge in [-0.15, -0.1) is 0 Å². The molecule has 0 aliphatic carbocycles. The normalized spacial score (nSPS) is 10.5. The van der Waals surface area contributed by atoms with Crippen LogP contribution < -0.4 is 4.74 Å². The van der Waals surface area contributed by atoms with Gasteiger partial charge in [-0.25, -0.2) is 9.37 Å². The van der Waals surface area contributed by atoms with Crippen molar-refractivity contribution in [2.45, 2.75) is 13.8 Å². The van der Waals surface area contributed by atoms with Crippen LogP contribution in [-0.2, 0) is 0 Å². The van der Waals surface area contributed by atoms with E-state index in [0.29, 0.717) is 16.1 Å². The summed E-state index contributed by atoms with van der Waals surface area (Å²) < 4.78 is 20.4. The molecule has 2 aromatic rings. The first kappa shape index (κ1) is 13.5. The van der Waals surface area contributed by atoms with Gasteiger partial charge in [0.1, 0.15) is 16.2 Å². The standard InChI is InChI=1S/C13H10Br2FNO/c1-7-5-9(16)6-8(2)11(7)18-12-10(14)3-4-17-13(12)15/h3-6H,1-2H3. The minimum atomic E-state index is -0.262. The zero-order valence-corrected chi connectivity index (χ0v) is 13.0. The number of ether oxygens (including phenoxy) is 1. The van der Waals surface area contributed by atoms with Crippen molar-refractivity contribution >= 4 is 31.9 Å². The minimum absolute atomic E-state index is 0.262. The molecule has 0 aliphatic heterocycles. The molecular formula is C13H10Br2FNO. The zero-order chi connectivity index (χ0) is 13.3. The Labute approximate surface area is 121 Å². The lowest BCUT2D eigenvalue weighted by Crippen LogP contribution is -1.95. The smallest absolute Gasteiger partial charge is 0.174 e. The molecule has 0 fully saturated rings. The number of hydrogen-bond acceptors (Lipinski definition) is 2. The quantitative estimate of drug-likeness (QED) is 0.677. The van der Waals surface area contributed by atoms with Gasteiger partial charge in [0.25, 0.3) is 0 Å². The summed E-state index contributed by atoms with van der Waals surface area (Å²) in [6.07, 6.45) is 1.66. The van der Waals surface area contributed by atoms with Crippen LogP contribution in [0.1, 0.15) is 11.1 Å². The Hall–Kier alpha value is -0.940. The van der Waals surface area contributed by atoms with E-state index in [1.807, 2.05) is 13.8 Å². The van der Waals surface area contributed by atoms with Gasteiger partial charge in [0.2, 0.25) is 0 Å². The van der Waals surface area contributed by atoms with Crippen molar-refractivity contribution in [2.24, 2.45) is 0 Å². The summed E-state index contributed by atoms with van der Waals surface area (Å²) >= 11 is 6.73. The summed E-state index contributed by atoms with van der Waals surface area (Å²) in [5.74, 6) is 0.961. The molecule has 0 saturated heterocycles. The van der Waals surface area contributed by atoms with E-state index in [0.717, 1.165) is 15.6 Å². The first-order valence-corrected chi connectivity index (χ1v) is 6.82. The monoisotopic (exact) mass is 373 g/mol. The molecule has 0 unspecified atom stereocenters. The molecular weight excluding hydrogens is 365 g/mol. The maximum Gasteiger partial charge on any atom is 0.174 e. The van der Waals surface area contributed by atoms with Gasteiger partial charge in [-0.05, 0) is 75.0 Å². The van der Waals surface area contributed by atoms with Crippen molar-refractivity contribution in [1.82, 2.24) is 4.98 Å². The number of nitrogens with zero attached hydrogens (tertiary/aromatic N) is 1. The fourth-order valence-electron chi connectivity index (χ4n) is 1.65. The topological polar surface area (TPSA) is 22.1 Å². The van der Waals surface area contributed by atoms with Crippen LogP contribution >= 0.6 is 31.9 Å². The molecule has 1 aromatic heterocycles. The minimum Gasteiger partial charge on any atom is -0.453 e. The van der Waals surface area contributed by atoms with Crippen LogP contribution in [0.25, 0.3) is 0 Å². The van der Waals surface area contributed by atoms with Crippen molar-refractivity contribution in [1.29, 1.82) is 0 Å². The summed E-state index contributed by atoms with van der Waals surface area (Å²) in [6.45, 7) is 3.62. The van der Waals surface area contributed by atoms with Gasteiger partial charge in [-0.1, -0.05) is 0 Å². The SMILES string of the molecule is Cc1cc(F)cc(C)c1Oc1c(Br)ccnc1Br. The molecule has 0 aliphatic rings. The van der Waals surface area contributed by atoms with Crippen molar-refractivity contribution in [3.8, 4) is 11.5 Å². The molecule has 0 bridgehead atoms. The van der Waals surface area contributed by atoms with Gasteiger partial charge in [-0.3, -0.25) is 0 Å². The molecule has 0 saturated carbocycles. The number of hydrogen-bond donors (Lipinski definition) is 0. The highest BCUT2D eigenvalue weighted by atomic mass is 79.9. The lowest BCUT2D eigenvalue weighted by Gasteiger charge is -2.13. The molecule has 94 valence electrons. The molecule has 0 atom stereocenters. The first-order valence-electron chi connectivity index (χ1n) is 5.23. The predicted molar refractivity (Wildman–Crippen MR) is 75.6 cm³/mol. The van der Waals surface area contributed by atoms with Crippen molar-refractivity contribution in [2.75, 3.05) is 0 Å². The van der Waals surface area contributed by atoms with Gasteiger partial charge >= 0.3 is 0 Å². The summed E-state index contributed by atoms with van der Waals surface area (Å²) in [5, 5.41) is 0. The number of benzene rings is 1. The van der Waals surface area contributed by atoms with Crippen molar-refractivity contribution < 1.29 is 9.13 Å². The molecule has 18 heavy (non-hydrogen) atoms. The van der Waals surface area contributed by atoms with Crippen LogP contribution in [0, 0.1) is 19.7 Å². The number of rotatable bonds is 2. The average molecular weight is 375 g/mol. The molecule has 0 spiro atoms. The molecule has 5 heteroatoms. The van der Waals surface area contributed by atoms with E-state index < -0.39 is 0 Å². The maximum atomic E-state index is 13.2. The predicted octanol–water partition coefficient (Wildman–Crippen LogP) is 5.15. The van der Waals surface area contributed by atoms with E-state index in [1.54, 1.807) is 12.3 Å². The Morgan fingerprint density at radius 2 is 1.72 bits per heavy atom.